The number of carbonyl (C=O) groups excluding carboxylic acids is 17. The maximum Gasteiger partial charge on any atom is 0.243 e. The molecule has 0 radical (unpaired) electrons. The average Bonchev–Trinajstić information content (AvgIpc) is 1.66. The number of benzene rings is 2. The van der Waals surface area contributed by atoms with Crippen LogP contribution in [0.5, 0.6) is 0 Å². The highest BCUT2D eigenvalue weighted by Gasteiger charge is 2.41. The van der Waals surface area contributed by atoms with Gasteiger partial charge in [-0.15, -0.1) is 0 Å². The van der Waals surface area contributed by atoms with Gasteiger partial charge in [0.2, 0.25) is 100 Å². The van der Waals surface area contributed by atoms with Crippen molar-refractivity contribution in [2.45, 2.75) is 322 Å². The van der Waals surface area contributed by atoms with Crippen LogP contribution < -0.4 is 125 Å². The van der Waals surface area contributed by atoms with Crippen molar-refractivity contribution in [2.75, 3.05) is 50.8 Å². The number of nitrogens with two attached hydrogens (primary N) is 7. The molecule has 138 heavy (non-hydrogen) atoms. The number of H-pyrrole nitrogens is 1. The predicted molar refractivity (Wildman–Crippen MR) is 534 cm³/mol. The fourth-order valence-corrected chi connectivity index (χ4v) is 17.7. The molecular formula is C95H160N24O17S2. The Bertz CT molecular complexity index is 4390. The second kappa shape index (κ2) is 63.9. The standard InChI is InChI=1S/C95H160N24O17S2/c1-14-58(12)79-93(134)104-50-76(120)105-59(13)81(122)117-77(56(8)9)94(135)114-71(45-54(4)5)88(129)110-68(37-23-28-42-99)86(127)118-78(57(10)11)95(136)115-72(46-55(6)7)90(131)116-75(80(102)121)52-138-137-51-63(101)82(123)106-65(34-20-25-39-96)84(125)113-74(48-61-49-103-64-33-19-18-32-62(61)64)92(133)109-67(36-22-27-41-98)85(126)111-70(44-53(2)3)89(130)112-73(47-60-30-16-15-17-31-60)91(132)108-66(35-21-26-40-97)83(124)107-69(87(128)119-79)38-24-29-43-100/h15-19,30-33,49,53-59,63,65-75,77-79,103H,14,20-29,34-48,50-52,96-101H2,1-13H3,(H2,102,121)(H,104,134)(H,105,120)(H,106,123)(H,107,124)(H,108,132)(H,109,133)(H,110,129)(H,111,126)(H,112,130)(H,113,125)(H,114,135)(H,115,136)(H,116,131)(H,117,122)(H,118,127)(H,119,128)/t58-,59-,63-,65-,66-,67-,68-,69-,70-,71-,72-,73-,74-,75-,77-,78-,79-/m0/s1. The van der Waals surface area contributed by atoms with Crippen LogP contribution in [0.1, 0.15) is 223 Å². The summed E-state index contributed by atoms with van der Waals surface area (Å²) in [5, 5.41) is 44.7. The number of hydrogen-bond acceptors (Lipinski definition) is 25. The van der Waals surface area contributed by atoms with Gasteiger partial charge in [-0.25, -0.2) is 0 Å². The molecule has 17 atom stereocenters. The summed E-state index contributed by atoms with van der Waals surface area (Å²) in [4.78, 5) is 251. The van der Waals surface area contributed by atoms with Gasteiger partial charge in [0.15, 0.2) is 0 Å². The quantitative estimate of drug-likeness (QED) is 0.0266. The second-order valence-corrected chi connectivity index (χ2v) is 40.2. The van der Waals surface area contributed by atoms with Crippen molar-refractivity contribution in [1.29, 1.82) is 0 Å². The van der Waals surface area contributed by atoms with E-state index in [9.17, 15) is 62.3 Å². The van der Waals surface area contributed by atoms with Gasteiger partial charge in [0, 0.05) is 41.4 Å². The van der Waals surface area contributed by atoms with Crippen LogP contribution in [-0.2, 0) is 94.3 Å². The Labute approximate surface area is 820 Å². The van der Waals surface area contributed by atoms with E-state index in [2.05, 4.69) is 90.1 Å². The van der Waals surface area contributed by atoms with Crippen molar-refractivity contribution >= 4 is 133 Å². The Morgan fingerprint density at radius 2 is 0.696 bits per heavy atom. The Morgan fingerprint density at radius 1 is 0.362 bits per heavy atom. The average molecular weight is 1970 g/mol. The predicted octanol–water partition coefficient (Wildman–Crippen LogP) is -0.290. The van der Waals surface area contributed by atoms with Crippen LogP contribution >= 0.6 is 21.6 Å². The summed E-state index contributed by atoms with van der Waals surface area (Å²) >= 11 is 0. The van der Waals surface area contributed by atoms with E-state index in [1.54, 1.807) is 112 Å². The third kappa shape index (κ3) is 43.0. The number of hydrogen-bond donors (Lipinski definition) is 24. The lowest BCUT2D eigenvalue weighted by atomic mass is 9.97. The second-order valence-electron chi connectivity index (χ2n) is 37.7. The number of aromatic nitrogens is 1. The van der Waals surface area contributed by atoms with Crippen LogP contribution in [0.15, 0.2) is 60.8 Å². The molecule has 31 N–H and O–H groups in total. The number of primary amides is 1. The molecule has 2 aromatic carbocycles. The van der Waals surface area contributed by atoms with Gasteiger partial charge in [-0.05, 0) is 208 Å². The van der Waals surface area contributed by atoms with Gasteiger partial charge >= 0.3 is 0 Å². The van der Waals surface area contributed by atoms with E-state index in [0.717, 1.165) is 21.6 Å². The van der Waals surface area contributed by atoms with E-state index in [4.69, 9.17) is 40.1 Å². The molecular weight excluding hydrogens is 1810 g/mol. The molecule has 1 saturated heterocycles. The molecule has 0 aliphatic carbocycles. The minimum atomic E-state index is -1.45. The van der Waals surface area contributed by atoms with E-state index >= 15 is 19.2 Å². The van der Waals surface area contributed by atoms with Crippen LogP contribution in [0, 0.1) is 35.5 Å². The third-order valence-electron chi connectivity index (χ3n) is 23.6. The van der Waals surface area contributed by atoms with Gasteiger partial charge in [-0.2, -0.15) is 0 Å². The first-order valence-corrected chi connectivity index (χ1v) is 51.2. The SMILES string of the molecule is CC[C@H](C)[C@@H]1NC(=O)[C@H](CCCCN)NC(=O)[C@H](CCCCN)NC(=O)[C@H](Cc2ccccc2)NC(=O)[C@H](CC(C)C)NC(=O)[C@H](CCCCN)NC(=O)[C@H](Cc2c[nH]c3ccccc23)NC(=O)[C@H](CCCCN)NC(=O)[C@@H](N)CSSC[C@@H](C(N)=O)NC(=O)[C@H](CC(C)C)NC(=O)[C@H](C(C)C)NC(=O)[C@H](CCCCN)NC(=O)[C@H](CC(C)C)NC(=O)[C@H](C(C)C)NC(=O)[C@H](C)NC(=O)CNC1=O. The number of fused-ring (bicyclic) bond motifs is 1. The lowest BCUT2D eigenvalue weighted by Crippen LogP contribution is -2.61. The van der Waals surface area contributed by atoms with Gasteiger partial charge in [0.1, 0.15) is 90.6 Å². The molecule has 0 bridgehead atoms. The van der Waals surface area contributed by atoms with E-state index in [0.29, 0.717) is 92.7 Å². The summed E-state index contributed by atoms with van der Waals surface area (Å²) in [7, 11) is 2.07. The van der Waals surface area contributed by atoms with Crippen molar-refractivity contribution in [3.8, 4) is 0 Å². The number of unbranched alkanes of at least 4 members (excludes halogenated alkanes) is 5. The molecule has 1 aliphatic heterocycles. The Morgan fingerprint density at radius 3 is 1.09 bits per heavy atom. The lowest BCUT2D eigenvalue weighted by molar-refractivity contribution is -0.136. The zero-order valence-electron chi connectivity index (χ0n) is 82.8. The summed E-state index contributed by atoms with van der Waals surface area (Å²) in [6.45, 7) is 22.5. The number of nitrogens with one attached hydrogen (secondary N) is 17. The Hall–Kier alpha value is -10.6. The van der Waals surface area contributed by atoms with Crippen molar-refractivity contribution in [3.05, 3.63) is 71.9 Å². The maximum atomic E-state index is 15.3. The van der Waals surface area contributed by atoms with Crippen LogP contribution in [0.2, 0.25) is 0 Å². The number of carbonyl (C=O) groups is 17. The molecule has 3 aromatic rings. The lowest BCUT2D eigenvalue weighted by Gasteiger charge is -2.30. The smallest absolute Gasteiger partial charge is 0.243 e. The first kappa shape index (κ1) is 120. The Balaban J connectivity index is 1.87. The van der Waals surface area contributed by atoms with Gasteiger partial charge in [-0.3, -0.25) is 81.5 Å². The molecule has 41 nitrogen and oxygen atoms in total. The summed E-state index contributed by atoms with van der Waals surface area (Å²) in [6, 6.07) is -5.71. The molecule has 1 aromatic heterocycles. The van der Waals surface area contributed by atoms with Crippen molar-refractivity contribution in [3.63, 3.8) is 0 Å². The first-order chi connectivity index (χ1) is 65.5. The first-order valence-electron chi connectivity index (χ1n) is 48.7. The maximum absolute atomic E-state index is 15.3. The fraction of sp³-hybridized carbons (Fsp3) is 0.674. The van der Waals surface area contributed by atoms with Crippen LogP contribution in [0.25, 0.3) is 10.9 Å². The van der Waals surface area contributed by atoms with E-state index in [1.165, 1.54) is 6.92 Å². The normalized spacial score (nSPS) is 25.0. The molecule has 2 heterocycles. The minimum absolute atomic E-state index is 0.00139. The van der Waals surface area contributed by atoms with Crippen molar-refractivity contribution in [2.24, 2.45) is 75.6 Å². The highest BCUT2D eigenvalue weighted by atomic mass is 33.1. The van der Waals surface area contributed by atoms with E-state index < -0.39 is 221 Å². The van der Waals surface area contributed by atoms with Gasteiger partial charge in [0.25, 0.3) is 0 Å². The van der Waals surface area contributed by atoms with Gasteiger partial charge in [0.05, 0.1) is 12.6 Å². The van der Waals surface area contributed by atoms with E-state index in [1.807, 2.05) is 32.0 Å². The van der Waals surface area contributed by atoms with Gasteiger partial charge in [-0.1, -0.05) is 160 Å². The molecule has 43 heteroatoms. The molecule has 17 amide bonds. The van der Waals surface area contributed by atoms with Gasteiger partial charge < -0.3 is 130 Å². The van der Waals surface area contributed by atoms with Crippen molar-refractivity contribution in [1.82, 2.24) is 90.1 Å². The summed E-state index contributed by atoms with van der Waals surface area (Å²) in [6.07, 6.45) is 5.36. The zero-order chi connectivity index (χ0) is 103. The monoisotopic (exact) mass is 1970 g/mol. The van der Waals surface area contributed by atoms with Crippen molar-refractivity contribution < 1.29 is 81.5 Å². The molecule has 1 fully saturated rings. The van der Waals surface area contributed by atoms with Crippen LogP contribution in [0.4, 0.5) is 0 Å². The largest absolute Gasteiger partial charge is 0.368 e. The molecule has 0 spiro atoms. The number of para-hydroxylation sites is 1. The molecule has 1 aliphatic rings. The summed E-state index contributed by atoms with van der Waals surface area (Å²) < 4.78 is 0. The third-order valence-corrected chi connectivity index (χ3v) is 26.1. The van der Waals surface area contributed by atoms with E-state index in [-0.39, 0.29) is 126 Å². The molecule has 0 saturated carbocycles. The number of rotatable bonds is 35. The fourth-order valence-electron chi connectivity index (χ4n) is 15.4. The minimum Gasteiger partial charge on any atom is -0.368 e. The summed E-state index contributed by atoms with van der Waals surface area (Å²) in [5.74, 6) is -16.8. The van der Waals surface area contributed by atoms with Crippen LogP contribution in [-0.4, -0.2) is 253 Å². The Kier molecular flexibility index (Phi) is 55.4. The zero-order valence-corrected chi connectivity index (χ0v) is 84.4. The molecule has 774 valence electrons. The van der Waals surface area contributed by atoms with Crippen LogP contribution in [0.3, 0.4) is 0 Å². The number of aromatic amines is 1. The molecule has 0 unspecified atom stereocenters. The molecule has 4 rings (SSSR count). The topological polar surface area (TPSA) is 681 Å². The highest BCUT2D eigenvalue weighted by molar-refractivity contribution is 8.76. The number of amides is 17. The highest BCUT2D eigenvalue weighted by Crippen LogP contribution is 2.25. The summed E-state index contributed by atoms with van der Waals surface area (Å²) in [5.41, 5.74) is 44.1.